The highest BCUT2D eigenvalue weighted by Crippen LogP contribution is 2.19. The average Bonchev–Trinajstić information content (AvgIpc) is 3.43. The van der Waals surface area contributed by atoms with Crippen molar-refractivity contribution in [1.29, 1.82) is 0 Å². The Morgan fingerprint density at radius 2 is 0.610 bits per heavy atom. The van der Waals surface area contributed by atoms with E-state index in [-0.39, 0.29) is 18.5 Å². The van der Waals surface area contributed by atoms with E-state index >= 15 is 0 Å². The molecule has 3 N–H and O–H groups in total. The van der Waals surface area contributed by atoms with E-state index in [1.54, 1.807) is 0 Å². The second-order valence-corrected chi connectivity index (χ2v) is 24.2. The Morgan fingerprint density at radius 1 is 0.351 bits per heavy atom. The van der Waals surface area contributed by atoms with Crippen molar-refractivity contribution in [1.82, 2.24) is 5.32 Å². The fraction of sp³-hybridized carbons (Fsp3) is 0.915. The van der Waals surface area contributed by atoms with Gasteiger partial charge < -0.3 is 20.3 Å². The van der Waals surface area contributed by atoms with Gasteiger partial charge >= 0.3 is 5.97 Å². The van der Waals surface area contributed by atoms with E-state index in [1.165, 1.54) is 315 Å². The monoisotopic (exact) mass is 1080 g/mol. The van der Waals surface area contributed by atoms with Gasteiger partial charge in [0, 0.05) is 12.8 Å². The van der Waals surface area contributed by atoms with Crippen molar-refractivity contribution in [3.05, 3.63) is 24.3 Å². The Kier molecular flexibility index (Phi) is 65.4. The summed E-state index contributed by atoms with van der Waals surface area (Å²) in [4.78, 5) is 24.5. The standard InChI is InChI=1S/C71H137NO5/c1-3-5-7-9-11-13-14-15-42-45-49-53-57-61-65-71(76)77-66-62-58-54-50-46-43-40-38-36-34-32-30-28-26-24-22-20-18-16-17-19-21-23-25-27-29-31-33-35-37-39-41-44-48-52-56-60-64-70(75)72-68(67-73)69(74)63-59-55-51-47-12-10-8-6-4-2/h14-16,18,68-69,73-74H,3-13,17,19-67H2,1-2H3,(H,72,75)/b15-14-,18-16-. The smallest absolute Gasteiger partial charge is 0.305 e. The molecule has 0 saturated carbocycles. The summed E-state index contributed by atoms with van der Waals surface area (Å²) in [6.45, 7) is 4.95. The predicted molar refractivity (Wildman–Crippen MR) is 338 cm³/mol. The first-order valence-electron chi connectivity index (χ1n) is 35.1. The molecule has 0 aromatic rings. The molecule has 0 spiro atoms. The molecule has 0 bridgehead atoms. The first-order valence-corrected chi connectivity index (χ1v) is 35.1. The highest BCUT2D eigenvalue weighted by Gasteiger charge is 2.20. The molecule has 0 aliphatic carbocycles. The summed E-state index contributed by atoms with van der Waals surface area (Å²) in [5.41, 5.74) is 0. The number of aliphatic hydroxyl groups is 2. The van der Waals surface area contributed by atoms with Gasteiger partial charge in [0.2, 0.25) is 5.91 Å². The fourth-order valence-electron chi connectivity index (χ4n) is 11.1. The Bertz CT molecular complexity index is 1200. The molecule has 6 heteroatoms. The predicted octanol–water partition coefficient (Wildman–Crippen LogP) is 22.5. The van der Waals surface area contributed by atoms with E-state index < -0.39 is 12.1 Å². The largest absolute Gasteiger partial charge is 0.466 e. The van der Waals surface area contributed by atoms with Gasteiger partial charge in [-0.3, -0.25) is 9.59 Å². The normalized spacial score (nSPS) is 12.6. The number of hydrogen-bond donors (Lipinski definition) is 3. The van der Waals surface area contributed by atoms with Gasteiger partial charge in [0.15, 0.2) is 0 Å². The third kappa shape index (κ3) is 63.4. The minimum atomic E-state index is -0.658. The number of aliphatic hydroxyl groups excluding tert-OH is 2. The van der Waals surface area contributed by atoms with Crippen LogP contribution in [0.4, 0.5) is 0 Å². The van der Waals surface area contributed by atoms with E-state index in [4.69, 9.17) is 4.74 Å². The number of rotatable bonds is 66. The summed E-state index contributed by atoms with van der Waals surface area (Å²) < 4.78 is 5.49. The zero-order valence-electron chi connectivity index (χ0n) is 52.2. The minimum Gasteiger partial charge on any atom is -0.466 e. The van der Waals surface area contributed by atoms with Gasteiger partial charge in [-0.25, -0.2) is 0 Å². The molecule has 0 fully saturated rings. The molecule has 0 heterocycles. The lowest BCUT2D eigenvalue weighted by Gasteiger charge is -2.22. The van der Waals surface area contributed by atoms with Crippen molar-refractivity contribution in [3.63, 3.8) is 0 Å². The molecule has 0 aliphatic rings. The van der Waals surface area contributed by atoms with Crippen molar-refractivity contribution < 1.29 is 24.5 Å². The van der Waals surface area contributed by atoms with Crippen LogP contribution in [0.1, 0.15) is 393 Å². The number of amides is 1. The lowest BCUT2D eigenvalue weighted by atomic mass is 10.0. The van der Waals surface area contributed by atoms with Gasteiger partial charge in [0.05, 0.1) is 25.4 Å². The molecule has 0 aromatic heterocycles. The molecule has 0 radical (unpaired) electrons. The lowest BCUT2D eigenvalue weighted by Crippen LogP contribution is -2.45. The van der Waals surface area contributed by atoms with Gasteiger partial charge in [-0.2, -0.15) is 0 Å². The van der Waals surface area contributed by atoms with E-state index in [2.05, 4.69) is 43.5 Å². The van der Waals surface area contributed by atoms with E-state index in [1.807, 2.05) is 0 Å². The van der Waals surface area contributed by atoms with Crippen LogP contribution in [-0.2, 0) is 14.3 Å². The van der Waals surface area contributed by atoms with Crippen molar-refractivity contribution in [2.24, 2.45) is 0 Å². The molecule has 456 valence electrons. The molecular formula is C71H137NO5. The van der Waals surface area contributed by atoms with Crippen molar-refractivity contribution >= 4 is 11.9 Å². The van der Waals surface area contributed by atoms with Crippen molar-refractivity contribution in [2.45, 2.75) is 405 Å². The van der Waals surface area contributed by atoms with Gasteiger partial charge in [-0.05, 0) is 77.0 Å². The van der Waals surface area contributed by atoms with Crippen molar-refractivity contribution in [2.75, 3.05) is 13.2 Å². The number of carbonyl (C=O) groups is 2. The molecule has 2 unspecified atom stereocenters. The maximum Gasteiger partial charge on any atom is 0.305 e. The number of ether oxygens (including phenoxy) is 1. The summed E-state index contributed by atoms with van der Waals surface area (Å²) >= 11 is 0. The Balaban J connectivity index is 3.29. The van der Waals surface area contributed by atoms with E-state index in [0.29, 0.717) is 25.9 Å². The van der Waals surface area contributed by atoms with Crippen LogP contribution in [-0.4, -0.2) is 47.4 Å². The molecule has 0 aliphatic heterocycles. The molecule has 6 nitrogen and oxygen atoms in total. The molecule has 0 rings (SSSR count). The summed E-state index contributed by atoms with van der Waals surface area (Å²) in [5.74, 6) is -0.0185. The molecule has 0 aromatic carbocycles. The summed E-state index contributed by atoms with van der Waals surface area (Å²) in [5, 5.41) is 23.1. The van der Waals surface area contributed by atoms with Crippen molar-refractivity contribution in [3.8, 4) is 0 Å². The number of esters is 1. The van der Waals surface area contributed by atoms with E-state index in [0.717, 1.165) is 44.9 Å². The third-order valence-corrected chi connectivity index (χ3v) is 16.5. The topological polar surface area (TPSA) is 95.9 Å². The summed E-state index contributed by atoms with van der Waals surface area (Å²) in [6, 6.07) is -0.536. The Labute approximate surface area is 481 Å². The number of carbonyl (C=O) groups excluding carboxylic acids is 2. The maximum absolute atomic E-state index is 12.4. The first kappa shape index (κ1) is 75.3. The summed E-state index contributed by atoms with van der Waals surface area (Å²) in [6.07, 6.45) is 84.0. The van der Waals surface area contributed by atoms with Crippen LogP contribution in [0.2, 0.25) is 0 Å². The SMILES string of the molecule is CCCCCCC/C=C\CCCCCCCC(=O)OCCCCCCCCCCCCCCCCCC/C=C\CCCCCCCCCCCCCCCCCCCC(=O)NC(CO)C(O)CCCCCCCCCCC. The van der Waals surface area contributed by atoms with Gasteiger partial charge in [0.1, 0.15) is 0 Å². The third-order valence-electron chi connectivity index (χ3n) is 16.5. The molecule has 2 atom stereocenters. The van der Waals surface area contributed by atoms with Crippen LogP contribution in [0.3, 0.4) is 0 Å². The minimum absolute atomic E-state index is 0.0132. The van der Waals surface area contributed by atoms with Crippen LogP contribution in [0, 0.1) is 0 Å². The molecule has 0 saturated heterocycles. The number of unbranched alkanes of at least 4 members (excludes halogenated alkanes) is 51. The van der Waals surface area contributed by atoms with E-state index in [9.17, 15) is 19.8 Å². The molecule has 77 heavy (non-hydrogen) atoms. The van der Waals surface area contributed by atoms with Gasteiger partial charge in [-0.1, -0.05) is 327 Å². The Hall–Kier alpha value is -1.66. The number of hydrogen-bond acceptors (Lipinski definition) is 5. The first-order chi connectivity index (χ1) is 38.0. The highest BCUT2D eigenvalue weighted by molar-refractivity contribution is 5.76. The van der Waals surface area contributed by atoms with Crippen LogP contribution < -0.4 is 5.32 Å². The second-order valence-electron chi connectivity index (χ2n) is 24.2. The quantitative estimate of drug-likeness (QED) is 0.0320. The van der Waals surface area contributed by atoms with Crippen LogP contribution >= 0.6 is 0 Å². The highest BCUT2D eigenvalue weighted by atomic mass is 16.5. The number of allylic oxidation sites excluding steroid dienone is 4. The van der Waals surface area contributed by atoms with Gasteiger partial charge in [0.25, 0.3) is 0 Å². The van der Waals surface area contributed by atoms with Crippen LogP contribution in [0.5, 0.6) is 0 Å². The molecule has 1 amide bonds. The Morgan fingerprint density at radius 3 is 0.922 bits per heavy atom. The van der Waals surface area contributed by atoms with Gasteiger partial charge in [-0.15, -0.1) is 0 Å². The maximum atomic E-state index is 12.4. The fourth-order valence-corrected chi connectivity index (χ4v) is 11.1. The zero-order chi connectivity index (χ0) is 55.7. The zero-order valence-corrected chi connectivity index (χ0v) is 52.2. The van der Waals surface area contributed by atoms with Crippen LogP contribution in [0.15, 0.2) is 24.3 Å². The lowest BCUT2D eigenvalue weighted by molar-refractivity contribution is -0.143. The summed E-state index contributed by atoms with van der Waals surface area (Å²) in [7, 11) is 0. The second kappa shape index (κ2) is 66.8. The average molecular weight is 1080 g/mol. The van der Waals surface area contributed by atoms with Crippen LogP contribution in [0.25, 0.3) is 0 Å². The molecular weight excluding hydrogens is 947 g/mol. The number of nitrogens with one attached hydrogen (secondary N) is 1.